The van der Waals surface area contributed by atoms with E-state index in [4.69, 9.17) is 5.10 Å². The highest BCUT2D eigenvalue weighted by Crippen LogP contribution is 2.37. The van der Waals surface area contributed by atoms with Gasteiger partial charge in [-0.2, -0.15) is 5.10 Å². The van der Waals surface area contributed by atoms with Crippen LogP contribution >= 0.6 is 0 Å². The molecule has 4 rings (SSSR count). The Bertz CT molecular complexity index is 1140. The molecule has 0 unspecified atom stereocenters. The lowest BCUT2D eigenvalue weighted by atomic mass is 9.97. The topological polar surface area (TPSA) is 38.1 Å². The summed E-state index contributed by atoms with van der Waals surface area (Å²) in [5.41, 5.74) is 7.95. The minimum absolute atomic E-state index is 0.240. The Kier molecular flexibility index (Phi) is 4.68. The Labute approximate surface area is 166 Å². The molecule has 0 spiro atoms. The number of para-hydroxylation sites is 1. The Morgan fingerprint density at radius 1 is 0.964 bits per heavy atom. The van der Waals surface area contributed by atoms with Crippen LogP contribution in [0.3, 0.4) is 0 Å². The summed E-state index contributed by atoms with van der Waals surface area (Å²) >= 11 is 0. The first-order valence-corrected chi connectivity index (χ1v) is 9.90. The second-order valence-electron chi connectivity index (χ2n) is 7.64. The molecule has 1 aromatic heterocycles. The van der Waals surface area contributed by atoms with E-state index in [1.165, 1.54) is 16.7 Å². The van der Waals surface area contributed by atoms with Crippen LogP contribution in [0, 0.1) is 6.92 Å². The average molecular weight is 370 g/mol. The fourth-order valence-electron chi connectivity index (χ4n) is 3.83. The van der Waals surface area contributed by atoms with Crippen molar-refractivity contribution in [2.75, 3.05) is 0 Å². The number of aromatic nitrogens is 2. The summed E-state index contributed by atoms with van der Waals surface area (Å²) in [7, 11) is 0. The monoisotopic (exact) mass is 370 g/mol. The first kappa shape index (κ1) is 18.3. The van der Waals surface area contributed by atoms with Gasteiger partial charge in [-0.25, -0.2) is 0 Å². The van der Waals surface area contributed by atoms with Gasteiger partial charge in [-0.3, -0.25) is 4.68 Å². The molecule has 4 aromatic rings. The molecular weight excluding hydrogens is 344 g/mol. The van der Waals surface area contributed by atoms with Crippen LogP contribution in [0.5, 0.6) is 5.75 Å². The van der Waals surface area contributed by atoms with Gasteiger partial charge < -0.3 is 5.11 Å². The fraction of sp³-hybridized carbons (Fsp3) is 0.240. The smallest absolute Gasteiger partial charge is 0.115 e. The van der Waals surface area contributed by atoms with Crippen molar-refractivity contribution in [3.63, 3.8) is 0 Å². The van der Waals surface area contributed by atoms with Crippen molar-refractivity contribution in [2.45, 2.75) is 40.2 Å². The molecular formula is C25H26N2O. The average Bonchev–Trinajstić information content (AvgIpc) is 3.08. The SMILES string of the molecule is CCc1ccc(-c2cccc3c(-c4ccc(O)cc4C)nn(C(C)C)c23)cc1. The zero-order chi connectivity index (χ0) is 19.8. The first-order valence-electron chi connectivity index (χ1n) is 9.90. The van der Waals surface area contributed by atoms with E-state index >= 15 is 0 Å². The lowest BCUT2D eigenvalue weighted by Gasteiger charge is -2.11. The van der Waals surface area contributed by atoms with E-state index in [0.717, 1.165) is 34.1 Å². The number of hydrogen-bond donors (Lipinski definition) is 1. The van der Waals surface area contributed by atoms with Gasteiger partial charge in [0.05, 0.1) is 5.52 Å². The summed E-state index contributed by atoms with van der Waals surface area (Å²) in [6.07, 6.45) is 1.04. The Morgan fingerprint density at radius 3 is 2.36 bits per heavy atom. The summed E-state index contributed by atoms with van der Waals surface area (Å²) in [6.45, 7) is 8.52. The summed E-state index contributed by atoms with van der Waals surface area (Å²) < 4.78 is 2.13. The lowest BCUT2D eigenvalue weighted by molar-refractivity contribution is 0.475. The largest absolute Gasteiger partial charge is 0.508 e. The Morgan fingerprint density at radius 2 is 1.71 bits per heavy atom. The molecule has 1 N–H and O–H groups in total. The van der Waals surface area contributed by atoms with Gasteiger partial charge in [-0.15, -0.1) is 0 Å². The summed E-state index contributed by atoms with van der Waals surface area (Å²) in [4.78, 5) is 0. The number of phenols is 1. The third-order valence-electron chi connectivity index (χ3n) is 5.36. The quantitative estimate of drug-likeness (QED) is 0.443. The van der Waals surface area contributed by atoms with E-state index < -0.39 is 0 Å². The van der Waals surface area contributed by atoms with Crippen molar-refractivity contribution >= 4 is 10.9 Å². The standard InChI is InChI=1S/C25H26N2O/c1-5-18-9-11-19(12-10-18)22-7-6-8-23-24(26-27(16(2)3)25(22)23)21-14-13-20(28)15-17(21)4/h6-16,28H,5H2,1-4H3. The minimum atomic E-state index is 0.240. The zero-order valence-electron chi connectivity index (χ0n) is 16.9. The molecule has 0 aliphatic rings. The van der Waals surface area contributed by atoms with Gasteiger partial charge in [0.1, 0.15) is 11.4 Å². The highest BCUT2D eigenvalue weighted by atomic mass is 16.3. The van der Waals surface area contributed by atoms with Crippen LogP contribution < -0.4 is 0 Å². The number of benzene rings is 3. The van der Waals surface area contributed by atoms with E-state index in [9.17, 15) is 5.11 Å². The van der Waals surface area contributed by atoms with Crippen LogP contribution in [0.2, 0.25) is 0 Å². The van der Waals surface area contributed by atoms with Gasteiger partial charge >= 0.3 is 0 Å². The fourth-order valence-corrected chi connectivity index (χ4v) is 3.83. The van der Waals surface area contributed by atoms with Crippen LogP contribution in [-0.2, 0) is 6.42 Å². The third-order valence-corrected chi connectivity index (χ3v) is 5.36. The predicted octanol–water partition coefficient (Wildman–Crippen LogP) is 6.53. The van der Waals surface area contributed by atoms with E-state index in [0.29, 0.717) is 0 Å². The van der Waals surface area contributed by atoms with Crippen LogP contribution in [-0.4, -0.2) is 14.9 Å². The maximum absolute atomic E-state index is 9.80. The number of aryl methyl sites for hydroxylation is 2. The second-order valence-corrected chi connectivity index (χ2v) is 7.64. The minimum Gasteiger partial charge on any atom is -0.508 e. The molecule has 142 valence electrons. The third kappa shape index (κ3) is 3.07. The molecule has 1 heterocycles. The van der Waals surface area contributed by atoms with Crippen LogP contribution in [0.4, 0.5) is 0 Å². The van der Waals surface area contributed by atoms with E-state index in [2.05, 4.69) is 67.9 Å². The number of phenolic OH excluding ortho intramolecular Hbond substituents is 1. The van der Waals surface area contributed by atoms with E-state index in [-0.39, 0.29) is 11.8 Å². The predicted molar refractivity (Wildman–Crippen MR) is 117 cm³/mol. The zero-order valence-corrected chi connectivity index (χ0v) is 16.9. The normalized spacial score (nSPS) is 11.5. The maximum Gasteiger partial charge on any atom is 0.115 e. The van der Waals surface area contributed by atoms with Crippen molar-refractivity contribution in [1.29, 1.82) is 0 Å². The van der Waals surface area contributed by atoms with Crippen molar-refractivity contribution in [2.24, 2.45) is 0 Å². The molecule has 0 saturated heterocycles. The Hall–Kier alpha value is -3.07. The highest BCUT2D eigenvalue weighted by Gasteiger charge is 2.19. The highest BCUT2D eigenvalue weighted by molar-refractivity contribution is 6.02. The molecule has 28 heavy (non-hydrogen) atoms. The molecule has 0 radical (unpaired) electrons. The Balaban J connectivity index is 2.00. The van der Waals surface area contributed by atoms with Crippen molar-refractivity contribution < 1.29 is 5.11 Å². The van der Waals surface area contributed by atoms with Gasteiger partial charge in [0.2, 0.25) is 0 Å². The molecule has 0 fully saturated rings. The number of fused-ring (bicyclic) bond motifs is 1. The van der Waals surface area contributed by atoms with Crippen molar-refractivity contribution in [3.8, 4) is 28.1 Å². The maximum atomic E-state index is 9.80. The molecule has 0 aliphatic heterocycles. The molecule has 0 bridgehead atoms. The summed E-state index contributed by atoms with van der Waals surface area (Å²) in [5.74, 6) is 0.283. The van der Waals surface area contributed by atoms with Crippen LogP contribution in [0.1, 0.15) is 37.9 Å². The summed E-state index contributed by atoms with van der Waals surface area (Å²) in [6, 6.07) is 21.0. The van der Waals surface area contributed by atoms with E-state index in [1.807, 2.05) is 13.0 Å². The molecule has 0 atom stereocenters. The molecule has 0 saturated carbocycles. The number of hydrogen-bond acceptors (Lipinski definition) is 2. The van der Waals surface area contributed by atoms with E-state index in [1.54, 1.807) is 12.1 Å². The van der Waals surface area contributed by atoms with Crippen molar-refractivity contribution in [1.82, 2.24) is 9.78 Å². The molecule has 0 amide bonds. The van der Waals surface area contributed by atoms with Gasteiger partial charge in [0.15, 0.2) is 0 Å². The van der Waals surface area contributed by atoms with Gasteiger partial charge in [0.25, 0.3) is 0 Å². The van der Waals surface area contributed by atoms with Crippen LogP contribution in [0.25, 0.3) is 33.3 Å². The molecule has 3 nitrogen and oxygen atoms in total. The molecule has 3 aromatic carbocycles. The number of rotatable bonds is 4. The summed E-state index contributed by atoms with van der Waals surface area (Å²) in [5, 5.41) is 15.9. The van der Waals surface area contributed by atoms with Gasteiger partial charge in [-0.1, -0.05) is 49.4 Å². The van der Waals surface area contributed by atoms with Gasteiger partial charge in [0, 0.05) is 22.6 Å². The molecule has 3 heteroatoms. The number of nitrogens with zero attached hydrogens (tertiary/aromatic N) is 2. The van der Waals surface area contributed by atoms with Gasteiger partial charge in [-0.05, 0) is 62.1 Å². The second kappa shape index (κ2) is 7.16. The number of aromatic hydroxyl groups is 1. The first-order chi connectivity index (χ1) is 13.5. The van der Waals surface area contributed by atoms with Crippen molar-refractivity contribution in [3.05, 3.63) is 71.8 Å². The van der Waals surface area contributed by atoms with Crippen LogP contribution in [0.15, 0.2) is 60.7 Å². The molecule has 0 aliphatic carbocycles. The lowest BCUT2D eigenvalue weighted by Crippen LogP contribution is -2.03.